The highest BCUT2D eigenvalue weighted by Crippen LogP contribution is 2.44. The van der Waals surface area contributed by atoms with Crippen molar-refractivity contribution in [3.63, 3.8) is 0 Å². The van der Waals surface area contributed by atoms with Crippen LogP contribution in [0.1, 0.15) is 44.2 Å². The molecule has 0 saturated heterocycles. The van der Waals surface area contributed by atoms with Crippen molar-refractivity contribution in [1.82, 2.24) is 5.32 Å². The van der Waals surface area contributed by atoms with E-state index in [-0.39, 0.29) is 11.3 Å². The molecule has 0 saturated carbocycles. The maximum atomic E-state index is 12.2. The van der Waals surface area contributed by atoms with E-state index in [1.54, 1.807) is 6.92 Å². The number of ether oxygens (including phenoxy) is 1. The van der Waals surface area contributed by atoms with E-state index in [0.29, 0.717) is 13.2 Å². The number of hydrogen-bond donors (Lipinski definition) is 2. The zero-order chi connectivity index (χ0) is 18.7. The number of aliphatic hydroxyl groups is 1. The molecule has 1 aliphatic rings. The number of alkyl carbamates (subject to hydrolysis) is 1. The fourth-order valence-corrected chi connectivity index (χ4v) is 3.49. The van der Waals surface area contributed by atoms with Gasteiger partial charge in [0.15, 0.2) is 0 Å². The second-order valence-corrected chi connectivity index (χ2v) is 7.36. The maximum Gasteiger partial charge on any atom is 0.407 e. The Bertz CT molecular complexity index is 741. The molecule has 0 aromatic heterocycles. The molecule has 1 amide bonds. The molecule has 2 aromatic rings. The molecular weight excluding hydrogens is 326 g/mol. The van der Waals surface area contributed by atoms with Gasteiger partial charge in [-0.3, -0.25) is 0 Å². The zero-order valence-electron chi connectivity index (χ0n) is 15.7. The summed E-state index contributed by atoms with van der Waals surface area (Å²) in [6.07, 6.45) is -0.164. The number of fused-ring (bicyclic) bond motifs is 3. The highest BCUT2D eigenvalue weighted by Gasteiger charge is 2.30. The Balaban J connectivity index is 1.66. The van der Waals surface area contributed by atoms with Crippen LogP contribution in [0.5, 0.6) is 0 Å². The number of rotatable bonds is 6. The molecule has 2 aromatic carbocycles. The molecular formula is C22H27NO3. The minimum Gasteiger partial charge on any atom is -0.449 e. The number of hydrogen-bond acceptors (Lipinski definition) is 3. The Morgan fingerprint density at radius 1 is 1.15 bits per heavy atom. The van der Waals surface area contributed by atoms with Crippen molar-refractivity contribution < 1.29 is 14.6 Å². The van der Waals surface area contributed by atoms with E-state index in [9.17, 15) is 9.90 Å². The number of benzene rings is 2. The molecule has 0 aliphatic heterocycles. The highest BCUT2D eigenvalue weighted by molar-refractivity contribution is 5.79. The third-order valence-electron chi connectivity index (χ3n) is 5.80. The Hall–Kier alpha value is -2.33. The van der Waals surface area contributed by atoms with Gasteiger partial charge in [0, 0.05) is 17.9 Å². The van der Waals surface area contributed by atoms with Crippen LogP contribution in [0.4, 0.5) is 4.79 Å². The summed E-state index contributed by atoms with van der Waals surface area (Å²) < 4.78 is 5.53. The first-order chi connectivity index (χ1) is 12.5. The minimum absolute atomic E-state index is 0.0578. The van der Waals surface area contributed by atoms with E-state index in [4.69, 9.17) is 4.74 Å². The Labute approximate surface area is 155 Å². The average molecular weight is 353 g/mol. The molecule has 4 nitrogen and oxygen atoms in total. The second-order valence-electron chi connectivity index (χ2n) is 7.36. The lowest BCUT2D eigenvalue weighted by Crippen LogP contribution is -2.42. The van der Waals surface area contributed by atoms with Crippen molar-refractivity contribution in [2.75, 3.05) is 13.2 Å². The summed E-state index contributed by atoms with van der Waals surface area (Å²) in [6.45, 7) is 6.41. The van der Waals surface area contributed by atoms with Crippen LogP contribution < -0.4 is 5.32 Å². The van der Waals surface area contributed by atoms with E-state index in [2.05, 4.69) is 29.6 Å². The maximum absolute atomic E-state index is 12.2. The topological polar surface area (TPSA) is 58.6 Å². The molecule has 0 bridgehead atoms. The highest BCUT2D eigenvalue weighted by atomic mass is 16.5. The van der Waals surface area contributed by atoms with Gasteiger partial charge in [-0.15, -0.1) is 0 Å². The van der Waals surface area contributed by atoms with Gasteiger partial charge in [-0.2, -0.15) is 0 Å². The fourth-order valence-electron chi connectivity index (χ4n) is 3.49. The van der Waals surface area contributed by atoms with Crippen molar-refractivity contribution in [2.24, 2.45) is 5.41 Å². The summed E-state index contributed by atoms with van der Waals surface area (Å²) in [4.78, 5) is 12.2. The number of amides is 1. The number of carbonyl (C=O) groups excluding carboxylic acids is 1. The van der Waals surface area contributed by atoms with E-state index >= 15 is 0 Å². The predicted octanol–water partition coefficient (Wildman–Crippen LogP) is 4.32. The largest absolute Gasteiger partial charge is 0.449 e. The molecule has 1 aliphatic carbocycles. The van der Waals surface area contributed by atoms with Gasteiger partial charge in [-0.25, -0.2) is 4.79 Å². The van der Waals surface area contributed by atoms with Gasteiger partial charge >= 0.3 is 6.09 Å². The molecule has 138 valence electrons. The average Bonchev–Trinajstić information content (AvgIpc) is 2.98. The van der Waals surface area contributed by atoms with Gasteiger partial charge in [-0.1, -0.05) is 62.4 Å². The summed E-state index contributed by atoms with van der Waals surface area (Å²) in [5, 5.41) is 12.7. The molecule has 4 heteroatoms. The number of nitrogens with one attached hydrogen (secondary N) is 1. The van der Waals surface area contributed by atoms with Gasteiger partial charge in [0.1, 0.15) is 6.61 Å². The molecule has 2 unspecified atom stereocenters. The molecule has 0 radical (unpaired) electrons. The summed E-state index contributed by atoms with van der Waals surface area (Å²) in [5.74, 6) is 0.0578. The van der Waals surface area contributed by atoms with Gasteiger partial charge in [0.05, 0.1) is 6.10 Å². The normalized spacial score (nSPS) is 16.3. The van der Waals surface area contributed by atoms with Crippen molar-refractivity contribution >= 4 is 6.09 Å². The van der Waals surface area contributed by atoms with E-state index in [0.717, 1.165) is 6.42 Å². The first-order valence-corrected chi connectivity index (χ1v) is 9.23. The van der Waals surface area contributed by atoms with Crippen LogP contribution in [-0.4, -0.2) is 30.5 Å². The third-order valence-corrected chi connectivity index (χ3v) is 5.80. The van der Waals surface area contributed by atoms with Gasteiger partial charge in [0.2, 0.25) is 0 Å². The molecule has 2 atom stereocenters. The van der Waals surface area contributed by atoms with Crippen LogP contribution in [0.2, 0.25) is 0 Å². The lowest BCUT2D eigenvalue weighted by atomic mass is 9.82. The van der Waals surface area contributed by atoms with E-state index in [1.165, 1.54) is 22.3 Å². The third kappa shape index (κ3) is 3.47. The van der Waals surface area contributed by atoms with Crippen molar-refractivity contribution in [3.05, 3.63) is 59.7 Å². The van der Waals surface area contributed by atoms with Gasteiger partial charge < -0.3 is 15.2 Å². The standard InChI is InChI=1S/C22H27NO3/c1-4-22(3,15(2)24)14-23-21(25)26-13-20-18-11-7-5-9-16(18)17-10-6-8-12-19(17)20/h5-12,15,20,24H,4,13-14H2,1-3H3,(H,23,25). The smallest absolute Gasteiger partial charge is 0.407 e. The van der Waals surface area contributed by atoms with Crippen LogP contribution in [0, 0.1) is 5.41 Å². The molecule has 3 rings (SSSR count). The van der Waals surface area contributed by atoms with Gasteiger partial charge in [-0.05, 0) is 35.6 Å². The SMILES string of the molecule is CCC(C)(CNC(=O)OCC1c2ccccc2-c2ccccc21)C(C)O. The monoisotopic (exact) mass is 353 g/mol. The van der Waals surface area contributed by atoms with Crippen LogP contribution >= 0.6 is 0 Å². The molecule has 2 N–H and O–H groups in total. The van der Waals surface area contributed by atoms with Crippen molar-refractivity contribution in [1.29, 1.82) is 0 Å². The van der Waals surface area contributed by atoms with Crippen LogP contribution in [0.3, 0.4) is 0 Å². The fraction of sp³-hybridized carbons (Fsp3) is 0.409. The molecule has 0 heterocycles. The first kappa shape index (κ1) is 18.5. The Kier molecular flexibility index (Phi) is 5.33. The Morgan fingerprint density at radius 2 is 1.69 bits per heavy atom. The molecule has 0 spiro atoms. The van der Waals surface area contributed by atoms with Gasteiger partial charge in [0.25, 0.3) is 0 Å². The summed E-state index contributed by atoms with van der Waals surface area (Å²) >= 11 is 0. The summed E-state index contributed by atoms with van der Waals surface area (Å²) in [7, 11) is 0. The summed E-state index contributed by atoms with van der Waals surface area (Å²) in [5.41, 5.74) is 4.47. The van der Waals surface area contributed by atoms with Crippen LogP contribution in [0.25, 0.3) is 11.1 Å². The lowest BCUT2D eigenvalue weighted by Gasteiger charge is -2.31. The van der Waals surface area contributed by atoms with Crippen LogP contribution in [-0.2, 0) is 4.74 Å². The van der Waals surface area contributed by atoms with Crippen LogP contribution in [0.15, 0.2) is 48.5 Å². The second kappa shape index (κ2) is 7.50. The lowest BCUT2D eigenvalue weighted by molar-refractivity contribution is 0.0473. The van der Waals surface area contributed by atoms with E-state index in [1.807, 2.05) is 38.1 Å². The number of carbonyl (C=O) groups is 1. The molecule has 0 fully saturated rings. The molecule has 26 heavy (non-hydrogen) atoms. The predicted molar refractivity (Wildman–Crippen MR) is 103 cm³/mol. The number of aliphatic hydroxyl groups excluding tert-OH is 1. The Morgan fingerprint density at radius 3 is 2.19 bits per heavy atom. The van der Waals surface area contributed by atoms with Crippen molar-refractivity contribution in [2.45, 2.75) is 39.2 Å². The first-order valence-electron chi connectivity index (χ1n) is 9.23. The van der Waals surface area contributed by atoms with E-state index < -0.39 is 12.2 Å². The minimum atomic E-state index is -0.499. The van der Waals surface area contributed by atoms with Crippen molar-refractivity contribution in [3.8, 4) is 11.1 Å². The zero-order valence-corrected chi connectivity index (χ0v) is 15.7. The summed E-state index contributed by atoms with van der Waals surface area (Å²) in [6, 6.07) is 16.5. The quantitative estimate of drug-likeness (QED) is 0.813.